The molecule has 1 aromatic carbocycles. The highest BCUT2D eigenvalue weighted by atomic mass is 32.2. The van der Waals surface area contributed by atoms with Gasteiger partial charge >= 0.3 is 5.97 Å². The lowest BCUT2D eigenvalue weighted by Gasteiger charge is -2.34. The zero-order chi connectivity index (χ0) is 16.8. The molecule has 1 aromatic heterocycles. The summed E-state index contributed by atoms with van der Waals surface area (Å²) in [4.78, 5) is 18.3. The van der Waals surface area contributed by atoms with Crippen molar-refractivity contribution in [3.05, 3.63) is 42.4 Å². The Balaban J connectivity index is 1.58. The molecule has 0 bridgehead atoms. The van der Waals surface area contributed by atoms with Crippen molar-refractivity contribution in [3.63, 3.8) is 0 Å². The molecule has 24 heavy (non-hydrogen) atoms. The van der Waals surface area contributed by atoms with Crippen LogP contribution in [0, 0.1) is 0 Å². The molecule has 1 aliphatic rings. The second-order valence-electron chi connectivity index (χ2n) is 5.78. The van der Waals surface area contributed by atoms with Crippen molar-refractivity contribution in [1.82, 2.24) is 9.88 Å². The maximum absolute atomic E-state index is 11.6. The number of oxazole rings is 1. The molecule has 0 spiro atoms. The van der Waals surface area contributed by atoms with Crippen molar-refractivity contribution < 1.29 is 13.9 Å². The van der Waals surface area contributed by atoms with Crippen LogP contribution in [0.3, 0.4) is 0 Å². The van der Waals surface area contributed by atoms with Gasteiger partial charge in [0.1, 0.15) is 0 Å². The zero-order valence-corrected chi connectivity index (χ0v) is 14.6. The first kappa shape index (κ1) is 17.0. The van der Waals surface area contributed by atoms with E-state index in [0.29, 0.717) is 6.42 Å². The van der Waals surface area contributed by atoms with Crippen molar-refractivity contribution in [2.75, 3.05) is 31.7 Å². The number of nitrogens with zero attached hydrogens (tertiary/aromatic N) is 2. The summed E-state index contributed by atoms with van der Waals surface area (Å²) >= 11 is 1.89. The van der Waals surface area contributed by atoms with Crippen molar-refractivity contribution in [1.29, 1.82) is 0 Å². The molecule has 0 radical (unpaired) electrons. The molecule has 6 heteroatoms. The third-order valence-electron chi connectivity index (χ3n) is 4.20. The van der Waals surface area contributed by atoms with E-state index < -0.39 is 0 Å². The number of rotatable bonds is 6. The predicted molar refractivity (Wildman–Crippen MR) is 95.0 cm³/mol. The Hall–Kier alpha value is -1.79. The van der Waals surface area contributed by atoms with Crippen LogP contribution in [0.2, 0.25) is 0 Å². The Kier molecular flexibility index (Phi) is 5.93. The fraction of sp³-hybridized carbons (Fsp3) is 0.444. The summed E-state index contributed by atoms with van der Waals surface area (Å²) in [6.07, 6.45) is 2.97. The Morgan fingerprint density at radius 2 is 2.25 bits per heavy atom. The van der Waals surface area contributed by atoms with Crippen LogP contribution in [0.4, 0.5) is 0 Å². The van der Waals surface area contributed by atoms with Crippen LogP contribution in [0.5, 0.6) is 0 Å². The number of hydrogen-bond acceptors (Lipinski definition) is 6. The van der Waals surface area contributed by atoms with Crippen molar-refractivity contribution in [3.8, 4) is 11.3 Å². The highest BCUT2D eigenvalue weighted by molar-refractivity contribution is 7.99. The lowest BCUT2D eigenvalue weighted by atomic mass is 10.2. The maximum atomic E-state index is 11.6. The number of thioether (sulfide) groups is 1. The lowest BCUT2D eigenvalue weighted by molar-refractivity contribution is -0.141. The number of methoxy groups -OCH3 is 1. The van der Waals surface area contributed by atoms with E-state index in [4.69, 9.17) is 9.15 Å². The Morgan fingerprint density at radius 1 is 1.42 bits per heavy atom. The van der Waals surface area contributed by atoms with Gasteiger partial charge in [-0.15, -0.1) is 0 Å². The number of hydrogen-bond donors (Lipinski definition) is 0. The number of benzene rings is 1. The Morgan fingerprint density at radius 3 is 3.04 bits per heavy atom. The number of carbonyl (C=O) groups excluding carboxylic acids is 1. The van der Waals surface area contributed by atoms with Crippen LogP contribution >= 0.6 is 11.8 Å². The molecule has 128 valence electrons. The van der Waals surface area contributed by atoms with E-state index >= 15 is 0 Å². The number of aromatic nitrogens is 1. The minimum Gasteiger partial charge on any atom is -0.469 e. The predicted octanol–water partition coefficient (Wildman–Crippen LogP) is 2.86. The van der Waals surface area contributed by atoms with Crippen LogP contribution in [0.1, 0.15) is 12.3 Å². The van der Waals surface area contributed by atoms with Gasteiger partial charge in [-0.1, -0.05) is 30.3 Å². The molecule has 1 atom stereocenters. The summed E-state index contributed by atoms with van der Waals surface area (Å²) in [5.41, 5.74) is 1.04. The molecule has 2 aromatic rings. The van der Waals surface area contributed by atoms with Gasteiger partial charge in [-0.2, -0.15) is 11.8 Å². The van der Waals surface area contributed by atoms with Crippen LogP contribution in [-0.4, -0.2) is 53.6 Å². The highest BCUT2D eigenvalue weighted by Crippen LogP contribution is 2.22. The largest absolute Gasteiger partial charge is 0.469 e. The van der Waals surface area contributed by atoms with Gasteiger partial charge < -0.3 is 9.15 Å². The number of esters is 1. The molecule has 2 heterocycles. The molecule has 0 aliphatic carbocycles. The molecular formula is C18H22N2O3S. The summed E-state index contributed by atoms with van der Waals surface area (Å²) in [5.74, 6) is 3.46. The fourth-order valence-corrected chi connectivity index (χ4v) is 3.98. The average Bonchev–Trinajstić information content (AvgIpc) is 3.10. The van der Waals surface area contributed by atoms with E-state index in [0.717, 1.165) is 48.2 Å². The molecule has 1 saturated heterocycles. The number of carbonyl (C=O) groups is 1. The summed E-state index contributed by atoms with van der Waals surface area (Å²) in [5, 5.41) is 0. The summed E-state index contributed by atoms with van der Waals surface area (Å²) in [7, 11) is 1.44. The van der Waals surface area contributed by atoms with Crippen molar-refractivity contribution in [2.24, 2.45) is 0 Å². The molecule has 0 saturated carbocycles. The van der Waals surface area contributed by atoms with Gasteiger partial charge in [-0.05, 0) is 0 Å². The van der Waals surface area contributed by atoms with Crippen LogP contribution in [0.25, 0.3) is 11.3 Å². The van der Waals surface area contributed by atoms with E-state index in [-0.39, 0.29) is 12.0 Å². The first-order valence-electron chi connectivity index (χ1n) is 8.15. The topological polar surface area (TPSA) is 55.6 Å². The summed E-state index contributed by atoms with van der Waals surface area (Å²) < 4.78 is 10.7. The monoisotopic (exact) mass is 346 g/mol. The van der Waals surface area contributed by atoms with Crippen molar-refractivity contribution in [2.45, 2.75) is 18.9 Å². The number of ether oxygens (including phenoxy) is 1. The summed E-state index contributed by atoms with van der Waals surface area (Å²) in [6, 6.07) is 10.2. The molecule has 5 nitrogen and oxygen atoms in total. The van der Waals surface area contributed by atoms with Crippen LogP contribution in [-0.2, 0) is 16.0 Å². The molecular weight excluding hydrogens is 324 g/mol. The van der Waals surface area contributed by atoms with E-state index in [1.54, 1.807) is 6.20 Å². The minimum atomic E-state index is -0.144. The maximum Gasteiger partial charge on any atom is 0.307 e. The Labute approximate surface area is 146 Å². The van der Waals surface area contributed by atoms with Gasteiger partial charge in [0.2, 0.25) is 0 Å². The average molecular weight is 346 g/mol. The fourth-order valence-electron chi connectivity index (χ4n) is 2.85. The van der Waals surface area contributed by atoms with Gasteiger partial charge in [-0.3, -0.25) is 9.69 Å². The minimum absolute atomic E-state index is 0.144. The molecule has 3 rings (SSSR count). The van der Waals surface area contributed by atoms with Gasteiger partial charge in [0.05, 0.1) is 19.7 Å². The SMILES string of the molecule is COC(=O)C[C@H]1CSCCN1CCc1ncc(-c2ccccc2)o1. The second kappa shape index (κ2) is 8.35. The molecule has 1 aliphatic heterocycles. The second-order valence-corrected chi connectivity index (χ2v) is 6.93. The van der Waals surface area contributed by atoms with Gasteiger partial charge in [0.25, 0.3) is 0 Å². The summed E-state index contributed by atoms with van der Waals surface area (Å²) in [6.45, 7) is 1.83. The molecule has 0 N–H and O–H groups in total. The molecule has 1 fully saturated rings. The smallest absolute Gasteiger partial charge is 0.307 e. The highest BCUT2D eigenvalue weighted by Gasteiger charge is 2.25. The van der Waals surface area contributed by atoms with Gasteiger partial charge in [0, 0.05) is 42.6 Å². The molecule has 0 amide bonds. The normalized spacial score (nSPS) is 18.5. The first-order chi connectivity index (χ1) is 11.8. The van der Waals surface area contributed by atoms with Gasteiger partial charge in [-0.25, -0.2) is 4.98 Å². The quantitative estimate of drug-likeness (QED) is 0.750. The third-order valence-corrected chi connectivity index (χ3v) is 5.30. The van der Waals surface area contributed by atoms with E-state index in [1.165, 1.54) is 7.11 Å². The lowest BCUT2D eigenvalue weighted by Crippen LogP contribution is -2.44. The van der Waals surface area contributed by atoms with Crippen LogP contribution < -0.4 is 0 Å². The van der Waals surface area contributed by atoms with Crippen LogP contribution in [0.15, 0.2) is 40.9 Å². The first-order valence-corrected chi connectivity index (χ1v) is 9.30. The van der Waals surface area contributed by atoms with Gasteiger partial charge in [0.15, 0.2) is 11.7 Å². The van der Waals surface area contributed by atoms with Crippen molar-refractivity contribution >= 4 is 17.7 Å². The van der Waals surface area contributed by atoms with E-state index in [2.05, 4.69) is 9.88 Å². The standard InChI is InChI=1S/C18H22N2O3S/c1-22-18(21)11-15-13-24-10-9-20(15)8-7-17-19-12-16(23-17)14-5-3-2-4-6-14/h2-6,12,15H,7-11,13H2,1H3/t15-/m0/s1. The van der Waals surface area contributed by atoms with E-state index in [9.17, 15) is 4.79 Å². The Bertz CT molecular complexity index is 659. The molecule has 0 unspecified atom stereocenters. The van der Waals surface area contributed by atoms with E-state index in [1.807, 2.05) is 42.1 Å². The third kappa shape index (κ3) is 4.39. The zero-order valence-electron chi connectivity index (χ0n) is 13.8.